The average Bonchev–Trinajstić information content (AvgIpc) is 2.36. The maximum absolute atomic E-state index is 12.0. The molecule has 0 aromatic carbocycles. The Balaban J connectivity index is 2.40. The normalized spacial score (nSPS) is 25.3. The molecule has 19 heavy (non-hydrogen) atoms. The van der Waals surface area contributed by atoms with E-state index in [0.29, 0.717) is 19.5 Å². The van der Waals surface area contributed by atoms with Gasteiger partial charge in [-0.25, -0.2) is 0 Å². The molecule has 1 heterocycles. The summed E-state index contributed by atoms with van der Waals surface area (Å²) in [5, 5.41) is 1.86. The van der Waals surface area contributed by atoms with Gasteiger partial charge in [-0.05, 0) is 12.8 Å². The molecule has 0 bridgehead atoms. The van der Waals surface area contributed by atoms with Crippen LogP contribution in [0.3, 0.4) is 0 Å². The number of hydrogen-bond donors (Lipinski definition) is 2. The van der Waals surface area contributed by atoms with Crippen LogP contribution < -0.4 is 11.1 Å². The van der Waals surface area contributed by atoms with Crippen molar-refractivity contribution in [3.63, 3.8) is 0 Å². The molecule has 8 heteroatoms. The Labute approximate surface area is 110 Å². The Hall–Kier alpha value is -0.860. The average molecular weight is 283 g/mol. The molecule has 1 fully saturated rings. The van der Waals surface area contributed by atoms with E-state index in [1.165, 1.54) is 0 Å². The molecule has 0 spiro atoms. The lowest BCUT2D eigenvalue weighted by molar-refractivity contribution is -0.139. The standard InChI is InChI=1S/C11H20F3N3O2/c1-19-9-2-3-17(8(4-9)5-15)6-10(18)16-7-11(12,13)14/h8-9H,2-7,15H2,1H3,(H,16,18). The lowest BCUT2D eigenvalue weighted by Gasteiger charge is -2.37. The number of amides is 1. The molecular formula is C11H20F3N3O2. The number of carbonyl (C=O) groups excluding carboxylic acids is 1. The summed E-state index contributed by atoms with van der Waals surface area (Å²) in [6.07, 6.45) is -2.84. The predicted octanol–water partition coefficient (Wildman–Crippen LogP) is 0.103. The minimum atomic E-state index is -4.38. The van der Waals surface area contributed by atoms with Crippen molar-refractivity contribution in [1.82, 2.24) is 10.2 Å². The van der Waals surface area contributed by atoms with Crippen molar-refractivity contribution < 1.29 is 22.7 Å². The van der Waals surface area contributed by atoms with Crippen molar-refractivity contribution in [3.8, 4) is 0 Å². The fourth-order valence-corrected chi connectivity index (χ4v) is 2.17. The first kappa shape index (κ1) is 16.2. The largest absolute Gasteiger partial charge is 0.405 e. The summed E-state index contributed by atoms with van der Waals surface area (Å²) in [7, 11) is 1.62. The summed E-state index contributed by atoms with van der Waals surface area (Å²) in [6.45, 7) is -0.408. The number of piperidine rings is 1. The Kier molecular flexibility index (Phi) is 6.02. The van der Waals surface area contributed by atoms with Gasteiger partial charge in [0.1, 0.15) is 6.54 Å². The van der Waals surface area contributed by atoms with Crippen molar-refractivity contribution in [2.24, 2.45) is 5.73 Å². The Morgan fingerprint density at radius 3 is 2.74 bits per heavy atom. The van der Waals surface area contributed by atoms with Gasteiger partial charge in [0.25, 0.3) is 0 Å². The van der Waals surface area contributed by atoms with Crippen LogP contribution >= 0.6 is 0 Å². The third-order valence-electron chi connectivity index (χ3n) is 3.23. The van der Waals surface area contributed by atoms with Gasteiger partial charge in [-0.2, -0.15) is 13.2 Å². The molecule has 112 valence electrons. The van der Waals surface area contributed by atoms with Gasteiger partial charge in [0.15, 0.2) is 0 Å². The number of rotatable bonds is 5. The van der Waals surface area contributed by atoms with Gasteiger partial charge in [0.2, 0.25) is 5.91 Å². The zero-order chi connectivity index (χ0) is 14.5. The highest BCUT2D eigenvalue weighted by Crippen LogP contribution is 2.18. The lowest BCUT2D eigenvalue weighted by atomic mass is 9.99. The molecule has 1 rings (SSSR count). The van der Waals surface area contributed by atoms with E-state index in [0.717, 1.165) is 6.42 Å². The SMILES string of the molecule is COC1CCN(CC(=O)NCC(F)(F)F)C(CN)C1. The topological polar surface area (TPSA) is 67.6 Å². The first-order valence-corrected chi connectivity index (χ1v) is 6.16. The summed E-state index contributed by atoms with van der Waals surface area (Å²) >= 11 is 0. The summed E-state index contributed by atoms with van der Waals surface area (Å²) in [5.74, 6) is -0.633. The highest BCUT2D eigenvalue weighted by molar-refractivity contribution is 5.78. The van der Waals surface area contributed by atoms with Crippen molar-refractivity contribution in [2.45, 2.75) is 31.2 Å². The monoisotopic (exact) mass is 283 g/mol. The van der Waals surface area contributed by atoms with Gasteiger partial charge in [-0.3, -0.25) is 9.69 Å². The van der Waals surface area contributed by atoms with Crippen molar-refractivity contribution in [2.75, 3.05) is 33.3 Å². The molecule has 0 aromatic rings. The quantitative estimate of drug-likeness (QED) is 0.751. The number of nitrogens with one attached hydrogen (secondary N) is 1. The number of halogens is 3. The van der Waals surface area contributed by atoms with E-state index in [4.69, 9.17) is 10.5 Å². The zero-order valence-electron chi connectivity index (χ0n) is 10.9. The second-order valence-corrected chi connectivity index (χ2v) is 4.63. The number of nitrogens with two attached hydrogens (primary N) is 1. The van der Waals surface area contributed by atoms with Crippen molar-refractivity contribution in [1.29, 1.82) is 0 Å². The van der Waals surface area contributed by atoms with Gasteiger partial charge < -0.3 is 15.8 Å². The minimum absolute atomic E-state index is 0.0321. The number of likely N-dealkylation sites (tertiary alicyclic amines) is 1. The van der Waals surface area contributed by atoms with Crippen LogP contribution in [0.2, 0.25) is 0 Å². The van der Waals surface area contributed by atoms with Gasteiger partial charge in [0, 0.05) is 26.2 Å². The van der Waals surface area contributed by atoms with E-state index in [-0.39, 0.29) is 18.7 Å². The van der Waals surface area contributed by atoms with Gasteiger partial charge >= 0.3 is 6.18 Å². The van der Waals surface area contributed by atoms with Crippen LogP contribution in [0.5, 0.6) is 0 Å². The van der Waals surface area contributed by atoms with E-state index in [9.17, 15) is 18.0 Å². The fraction of sp³-hybridized carbons (Fsp3) is 0.909. The number of ether oxygens (including phenoxy) is 1. The highest BCUT2D eigenvalue weighted by Gasteiger charge is 2.31. The van der Waals surface area contributed by atoms with Crippen LogP contribution in [0.4, 0.5) is 13.2 Å². The number of carbonyl (C=O) groups is 1. The van der Waals surface area contributed by atoms with E-state index in [2.05, 4.69) is 0 Å². The van der Waals surface area contributed by atoms with Crippen LogP contribution in [0.1, 0.15) is 12.8 Å². The van der Waals surface area contributed by atoms with Crippen LogP contribution in [-0.2, 0) is 9.53 Å². The smallest absolute Gasteiger partial charge is 0.381 e. The molecule has 1 saturated heterocycles. The fourth-order valence-electron chi connectivity index (χ4n) is 2.17. The molecule has 3 N–H and O–H groups in total. The molecule has 0 radical (unpaired) electrons. The first-order chi connectivity index (χ1) is 8.85. The van der Waals surface area contributed by atoms with Crippen LogP contribution in [0.25, 0.3) is 0 Å². The summed E-state index contributed by atoms with van der Waals surface area (Å²) in [6, 6.07) is -0.0321. The van der Waals surface area contributed by atoms with E-state index >= 15 is 0 Å². The second-order valence-electron chi connectivity index (χ2n) is 4.63. The van der Waals surface area contributed by atoms with Crippen LogP contribution in [0, 0.1) is 0 Å². The molecule has 1 amide bonds. The minimum Gasteiger partial charge on any atom is -0.381 e. The molecule has 2 atom stereocenters. The third kappa shape index (κ3) is 5.75. The molecular weight excluding hydrogens is 263 g/mol. The Bertz CT molecular complexity index is 299. The number of nitrogens with zero attached hydrogens (tertiary/aromatic N) is 1. The summed E-state index contributed by atoms with van der Waals surface area (Å²) in [4.78, 5) is 13.3. The van der Waals surface area contributed by atoms with Crippen molar-refractivity contribution >= 4 is 5.91 Å². The van der Waals surface area contributed by atoms with E-state index in [1.807, 2.05) is 5.32 Å². The Morgan fingerprint density at radius 1 is 1.53 bits per heavy atom. The second kappa shape index (κ2) is 7.06. The molecule has 2 unspecified atom stereocenters. The lowest BCUT2D eigenvalue weighted by Crippen LogP contribution is -2.52. The van der Waals surface area contributed by atoms with Gasteiger partial charge in [-0.15, -0.1) is 0 Å². The zero-order valence-corrected chi connectivity index (χ0v) is 10.9. The predicted molar refractivity (Wildman–Crippen MR) is 63.5 cm³/mol. The van der Waals surface area contributed by atoms with Gasteiger partial charge in [0.05, 0.1) is 12.6 Å². The van der Waals surface area contributed by atoms with Crippen LogP contribution in [0.15, 0.2) is 0 Å². The van der Waals surface area contributed by atoms with E-state index in [1.54, 1.807) is 12.0 Å². The summed E-state index contributed by atoms with van der Waals surface area (Å²) < 4.78 is 41.1. The number of alkyl halides is 3. The molecule has 5 nitrogen and oxygen atoms in total. The molecule has 0 aliphatic carbocycles. The molecule has 1 aliphatic heterocycles. The van der Waals surface area contributed by atoms with Crippen molar-refractivity contribution in [3.05, 3.63) is 0 Å². The summed E-state index contributed by atoms with van der Waals surface area (Å²) in [5.41, 5.74) is 5.62. The van der Waals surface area contributed by atoms with Gasteiger partial charge in [-0.1, -0.05) is 0 Å². The molecule has 0 aromatic heterocycles. The first-order valence-electron chi connectivity index (χ1n) is 6.16. The Morgan fingerprint density at radius 2 is 2.21 bits per heavy atom. The highest BCUT2D eigenvalue weighted by atomic mass is 19.4. The number of hydrogen-bond acceptors (Lipinski definition) is 4. The maximum atomic E-state index is 12.0. The number of methoxy groups -OCH3 is 1. The molecule has 0 saturated carbocycles. The maximum Gasteiger partial charge on any atom is 0.405 e. The molecule has 1 aliphatic rings. The van der Waals surface area contributed by atoms with E-state index < -0.39 is 18.6 Å². The van der Waals surface area contributed by atoms with Crippen LogP contribution in [-0.4, -0.2) is 62.4 Å². The third-order valence-corrected chi connectivity index (χ3v) is 3.23.